The second kappa shape index (κ2) is 9.43. The number of carbonyl (C=O) groups excluding carboxylic acids is 3. The number of urea groups is 1. The van der Waals surface area contributed by atoms with Crippen LogP contribution in [0, 0.1) is 11.3 Å². The molecule has 9 heteroatoms. The highest BCUT2D eigenvalue weighted by Gasteiger charge is 2.49. The number of amides is 4. The smallest absolute Gasteiger partial charge is 0.319 e. The van der Waals surface area contributed by atoms with E-state index < -0.39 is 29.9 Å². The third-order valence-electron chi connectivity index (χ3n) is 6.22. The maximum atomic E-state index is 13.2. The summed E-state index contributed by atoms with van der Waals surface area (Å²) in [6.45, 7) is 1.10. The zero-order valence-electron chi connectivity index (χ0n) is 19.9. The Hall–Kier alpha value is -5.23. The van der Waals surface area contributed by atoms with Crippen LogP contribution in [0.4, 0.5) is 10.6 Å². The van der Waals surface area contributed by atoms with E-state index in [1.807, 2.05) is 66.7 Å². The van der Waals surface area contributed by atoms with Gasteiger partial charge in [-0.05, 0) is 36.8 Å². The zero-order valence-corrected chi connectivity index (χ0v) is 19.9. The van der Waals surface area contributed by atoms with Gasteiger partial charge in [-0.15, -0.1) is 0 Å². The Morgan fingerprint density at radius 1 is 1.00 bits per heavy atom. The number of nitriles is 1. The fourth-order valence-corrected chi connectivity index (χ4v) is 4.23. The second-order valence-corrected chi connectivity index (χ2v) is 8.71. The number of aromatic nitrogens is 2. The van der Waals surface area contributed by atoms with E-state index in [-0.39, 0.29) is 0 Å². The molecule has 3 aromatic carbocycles. The largest absolute Gasteiger partial charge is 0.325 e. The highest BCUT2D eigenvalue weighted by Crippen LogP contribution is 2.29. The minimum Gasteiger partial charge on any atom is -0.319 e. The van der Waals surface area contributed by atoms with Gasteiger partial charge in [0, 0.05) is 11.6 Å². The molecule has 1 aliphatic heterocycles. The van der Waals surface area contributed by atoms with Gasteiger partial charge in [0.25, 0.3) is 5.91 Å². The van der Waals surface area contributed by atoms with Crippen LogP contribution in [0.3, 0.4) is 0 Å². The number of rotatable bonds is 6. The van der Waals surface area contributed by atoms with Crippen LogP contribution in [0.15, 0.2) is 91.0 Å². The molecule has 5 rings (SSSR count). The summed E-state index contributed by atoms with van der Waals surface area (Å²) in [6.07, 6.45) is 0. The quantitative estimate of drug-likeness (QED) is 0.398. The van der Waals surface area contributed by atoms with Gasteiger partial charge in [0.15, 0.2) is 0 Å². The van der Waals surface area contributed by atoms with Gasteiger partial charge in [-0.25, -0.2) is 9.48 Å². The van der Waals surface area contributed by atoms with Gasteiger partial charge >= 0.3 is 6.03 Å². The van der Waals surface area contributed by atoms with Gasteiger partial charge in [-0.2, -0.15) is 10.4 Å². The molecule has 4 amide bonds. The molecule has 9 nitrogen and oxygen atoms in total. The first-order valence-electron chi connectivity index (χ1n) is 11.5. The van der Waals surface area contributed by atoms with Crippen LogP contribution in [-0.4, -0.2) is 39.1 Å². The van der Waals surface area contributed by atoms with Crippen molar-refractivity contribution in [3.63, 3.8) is 0 Å². The van der Waals surface area contributed by atoms with Gasteiger partial charge in [-0.1, -0.05) is 60.7 Å². The summed E-state index contributed by atoms with van der Waals surface area (Å²) in [4.78, 5) is 39.9. The lowest BCUT2D eigenvalue weighted by molar-refractivity contribution is -0.133. The number of para-hydroxylation sites is 1. The molecule has 4 aromatic rings. The van der Waals surface area contributed by atoms with Crippen molar-refractivity contribution in [2.24, 2.45) is 0 Å². The average molecular weight is 491 g/mol. The Morgan fingerprint density at radius 2 is 1.65 bits per heavy atom. The van der Waals surface area contributed by atoms with Crippen molar-refractivity contribution in [3.05, 3.63) is 102 Å². The van der Waals surface area contributed by atoms with Gasteiger partial charge in [0.2, 0.25) is 5.91 Å². The van der Waals surface area contributed by atoms with Crippen LogP contribution in [0.5, 0.6) is 0 Å². The normalized spacial score (nSPS) is 16.8. The molecule has 1 aliphatic rings. The third kappa shape index (κ3) is 4.44. The highest BCUT2D eigenvalue weighted by atomic mass is 16.2. The Labute approximate surface area is 212 Å². The minimum atomic E-state index is -1.35. The molecule has 1 saturated heterocycles. The summed E-state index contributed by atoms with van der Waals surface area (Å²) in [5.74, 6) is -0.708. The molecule has 1 unspecified atom stereocenters. The van der Waals surface area contributed by atoms with E-state index in [9.17, 15) is 14.4 Å². The van der Waals surface area contributed by atoms with E-state index in [2.05, 4.69) is 15.7 Å². The highest BCUT2D eigenvalue weighted by molar-refractivity contribution is 6.10. The number of imide groups is 1. The topological polar surface area (TPSA) is 120 Å². The van der Waals surface area contributed by atoms with Crippen molar-refractivity contribution in [3.8, 4) is 23.0 Å². The van der Waals surface area contributed by atoms with Crippen LogP contribution in [-0.2, 0) is 15.1 Å². The molecule has 0 aliphatic carbocycles. The maximum Gasteiger partial charge on any atom is 0.325 e. The van der Waals surface area contributed by atoms with E-state index in [1.165, 1.54) is 0 Å². The average Bonchev–Trinajstić information content (AvgIpc) is 3.44. The first kappa shape index (κ1) is 23.5. The second-order valence-electron chi connectivity index (χ2n) is 8.71. The molecule has 2 heterocycles. The van der Waals surface area contributed by atoms with Crippen molar-refractivity contribution < 1.29 is 14.4 Å². The van der Waals surface area contributed by atoms with Gasteiger partial charge < -0.3 is 10.6 Å². The summed E-state index contributed by atoms with van der Waals surface area (Å²) < 4.78 is 1.60. The summed E-state index contributed by atoms with van der Waals surface area (Å²) >= 11 is 0. The van der Waals surface area contributed by atoms with Crippen molar-refractivity contribution in [2.75, 3.05) is 11.9 Å². The first-order valence-corrected chi connectivity index (χ1v) is 11.5. The van der Waals surface area contributed by atoms with Gasteiger partial charge in [0.1, 0.15) is 17.9 Å². The first-order chi connectivity index (χ1) is 17.9. The molecule has 0 saturated carbocycles. The van der Waals surface area contributed by atoms with E-state index in [1.54, 1.807) is 41.9 Å². The van der Waals surface area contributed by atoms with E-state index in [0.717, 1.165) is 16.2 Å². The Balaban J connectivity index is 1.38. The number of hydrogen-bond donors (Lipinski definition) is 2. The Bertz CT molecular complexity index is 1520. The summed E-state index contributed by atoms with van der Waals surface area (Å²) in [7, 11) is 0. The molecule has 1 aromatic heterocycles. The minimum absolute atomic E-state index is 0.400. The molecular weight excluding hydrogens is 468 g/mol. The van der Waals surface area contributed by atoms with Crippen LogP contribution in [0.2, 0.25) is 0 Å². The summed E-state index contributed by atoms with van der Waals surface area (Å²) in [5.41, 5.74) is 1.87. The number of nitrogens with zero attached hydrogens (tertiary/aromatic N) is 4. The van der Waals surface area contributed by atoms with Gasteiger partial charge in [0.05, 0.1) is 23.0 Å². The van der Waals surface area contributed by atoms with E-state index in [0.29, 0.717) is 22.6 Å². The van der Waals surface area contributed by atoms with Crippen molar-refractivity contribution in [1.29, 1.82) is 5.26 Å². The lowest BCUT2D eigenvalue weighted by atomic mass is 9.91. The van der Waals surface area contributed by atoms with Crippen LogP contribution in [0.25, 0.3) is 16.9 Å². The number of anilines is 1. The lowest BCUT2D eigenvalue weighted by Gasteiger charge is -2.22. The van der Waals surface area contributed by atoms with E-state index in [4.69, 9.17) is 5.26 Å². The Kier molecular flexibility index (Phi) is 5.99. The van der Waals surface area contributed by atoms with Gasteiger partial charge in [-0.3, -0.25) is 14.5 Å². The maximum absolute atomic E-state index is 13.2. The molecule has 0 bridgehead atoms. The summed E-state index contributed by atoms with van der Waals surface area (Å²) in [5, 5.41) is 19.2. The number of hydrogen-bond acceptors (Lipinski definition) is 5. The predicted octanol–water partition coefficient (Wildman–Crippen LogP) is 3.82. The predicted molar refractivity (Wildman–Crippen MR) is 136 cm³/mol. The Morgan fingerprint density at radius 3 is 2.30 bits per heavy atom. The van der Waals surface area contributed by atoms with Crippen LogP contribution >= 0.6 is 0 Å². The molecule has 0 radical (unpaired) electrons. The third-order valence-corrected chi connectivity index (χ3v) is 6.22. The fraction of sp³-hybridized carbons (Fsp3) is 0.107. The van der Waals surface area contributed by atoms with Crippen LogP contribution < -0.4 is 10.6 Å². The standard InChI is InChI=1S/C28H22N6O3/c1-28(21-14-12-19(17-29)13-15-21)26(36)33(27(37)31-28)18-25(35)30-24-16-23(20-8-4-2-5-9-20)32-34(24)22-10-6-3-7-11-22/h2-16H,18H2,1H3,(H,30,35)(H,31,37). The van der Waals surface area contributed by atoms with Crippen molar-refractivity contribution in [2.45, 2.75) is 12.5 Å². The SMILES string of the molecule is CC1(c2ccc(C#N)cc2)NC(=O)N(CC(=O)Nc2cc(-c3ccccc3)nn2-c2ccccc2)C1=O. The molecule has 1 atom stereocenters. The fourth-order valence-electron chi connectivity index (χ4n) is 4.23. The number of carbonyl (C=O) groups is 3. The molecule has 182 valence electrons. The van der Waals surface area contributed by atoms with E-state index >= 15 is 0 Å². The monoisotopic (exact) mass is 490 g/mol. The lowest BCUT2D eigenvalue weighted by Crippen LogP contribution is -2.42. The number of benzene rings is 3. The van der Waals surface area contributed by atoms with Crippen molar-refractivity contribution >= 4 is 23.7 Å². The summed E-state index contributed by atoms with van der Waals surface area (Å²) in [6, 6.07) is 28.3. The molecular formula is C28H22N6O3. The van der Waals surface area contributed by atoms with Crippen molar-refractivity contribution in [1.82, 2.24) is 20.0 Å². The zero-order chi connectivity index (χ0) is 26.0. The molecule has 2 N–H and O–H groups in total. The van der Waals surface area contributed by atoms with Crippen LogP contribution in [0.1, 0.15) is 18.1 Å². The molecule has 1 fully saturated rings. The molecule has 37 heavy (non-hydrogen) atoms. The number of nitrogens with one attached hydrogen (secondary N) is 2. The molecule has 0 spiro atoms.